The number of esters is 1. The lowest BCUT2D eigenvalue weighted by molar-refractivity contribution is -0.0491. The number of ether oxygens (including phenoxy) is 2. The van der Waals surface area contributed by atoms with E-state index in [0.717, 1.165) is 5.56 Å². The number of nitrogens with zero attached hydrogens (tertiary/aromatic N) is 3. The quantitative estimate of drug-likeness (QED) is 0.278. The van der Waals surface area contributed by atoms with Crippen LogP contribution in [0.15, 0.2) is 35.4 Å². The number of fused-ring (bicyclic) bond motifs is 1. The Hall–Kier alpha value is -3.09. The molecule has 33 heavy (non-hydrogen) atoms. The summed E-state index contributed by atoms with van der Waals surface area (Å²) < 4.78 is 28.8. The van der Waals surface area contributed by atoms with Gasteiger partial charge in [-0.1, -0.05) is 25.1 Å². The zero-order valence-electron chi connectivity index (χ0n) is 17.5. The van der Waals surface area contributed by atoms with Crippen molar-refractivity contribution in [3.05, 3.63) is 52.1 Å². The summed E-state index contributed by atoms with van der Waals surface area (Å²) in [4.78, 5) is 53.6. The minimum atomic E-state index is -4.80. The predicted octanol–water partition coefficient (Wildman–Crippen LogP) is 0.887. The van der Waals surface area contributed by atoms with Gasteiger partial charge in [-0.3, -0.25) is 18.9 Å². The number of H-pyrrole nitrogens is 1. The van der Waals surface area contributed by atoms with E-state index in [9.17, 15) is 14.2 Å². The van der Waals surface area contributed by atoms with E-state index in [1.165, 1.54) is 10.9 Å². The number of carbonyl (C=O) groups excluding carboxylic acids is 1. The number of benzene rings is 1. The van der Waals surface area contributed by atoms with E-state index in [1.54, 1.807) is 12.1 Å². The molecular weight excluding hydrogens is 457 g/mol. The van der Waals surface area contributed by atoms with Gasteiger partial charge in [0.05, 0.1) is 18.5 Å². The molecule has 1 aromatic carbocycles. The number of nitrogens with two attached hydrogens (primary N) is 1. The highest BCUT2D eigenvalue weighted by molar-refractivity contribution is 7.46. The number of nitrogen functional groups attached to an aromatic ring is 1. The maximum Gasteiger partial charge on any atom is 0.469 e. The topological polar surface area (TPSA) is 192 Å². The third-order valence-electron chi connectivity index (χ3n) is 5.22. The largest absolute Gasteiger partial charge is 0.469 e. The average Bonchev–Trinajstić information content (AvgIpc) is 3.35. The number of imidazole rings is 1. The minimum absolute atomic E-state index is 0.0353. The van der Waals surface area contributed by atoms with E-state index in [0.29, 0.717) is 12.0 Å². The van der Waals surface area contributed by atoms with E-state index in [4.69, 9.17) is 25.0 Å². The number of hydrogen-bond acceptors (Lipinski definition) is 9. The van der Waals surface area contributed by atoms with Crippen LogP contribution in [0.2, 0.25) is 0 Å². The highest BCUT2D eigenvalue weighted by atomic mass is 31.2. The summed E-state index contributed by atoms with van der Waals surface area (Å²) in [5, 5.41) is 0. The first-order valence-corrected chi connectivity index (χ1v) is 11.6. The monoisotopic (exact) mass is 479 g/mol. The first-order valence-electron chi connectivity index (χ1n) is 10.0. The third-order valence-corrected chi connectivity index (χ3v) is 5.71. The van der Waals surface area contributed by atoms with Crippen LogP contribution in [0, 0.1) is 0 Å². The molecule has 3 atom stereocenters. The number of phosphoric ester groups is 1. The second-order valence-electron chi connectivity index (χ2n) is 7.38. The molecule has 1 aliphatic heterocycles. The molecule has 1 unspecified atom stereocenters. The Morgan fingerprint density at radius 1 is 1.39 bits per heavy atom. The number of hydrogen-bond donors (Lipinski definition) is 4. The lowest BCUT2D eigenvalue weighted by atomic mass is 10.1. The van der Waals surface area contributed by atoms with Gasteiger partial charge in [-0.2, -0.15) is 4.98 Å². The maximum atomic E-state index is 12.9. The molecule has 0 aliphatic carbocycles. The first-order chi connectivity index (χ1) is 15.7. The molecule has 0 bridgehead atoms. The van der Waals surface area contributed by atoms with E-state index >= 15 is 0 Å². The molecule has 176 valence electrons. The molecule has 3 heterocycles. The highest BCUT2D eigenvalue weighted by Crippen LogP contribution is 2.39. The molecule has 5 N–H and O–H groups in total. The lowest BCUT2D eigenvalue weighted by Crippen LogP contribution is -2.31. The summed E-state index contributed by atoms with van der Waals surface area (Å²) in [5.41, 5.74) is 6.46. The number of aryl methyl sites for hydroxylation is 1. The van der Waals surface area contributed by atoms with Crippen LogP contribution in [0.5, 0.6) is 0 Å². The molecule has 0 spiro atoms. The zero-order valence-corrected chi connectivity index (χ0v) is 18.3. The van der Waals surface area contributed by atoms with E-state index in [-0.39, 0.29) is 23.5 Å². The van der Waals surface area contributed by atoms with Crippen LogP contribution >= 0.6 is 7.82 Å². The van der Waals surface area contributed by atoms with Crippen molar-refractivity contribution in [2.45, 2.75) is 38.2 Å². The number of aromatic nitrogens is 4. The normalized spacial score (nSPS) is 20.9. The summed E-state index contributed by atoms with van der Waals surface area (Å²) in [6, 6.07) is 6.97. The zero-order chi connectivity index (χ0) is 23.8. The van der Waals surface area contributed by atoms with Crippen molar-refractivity contribution in [2.75, 3.05) is 12.3 Å². The van der Waals surface area contributed by atoms with Gasteiger partial charge < -0.3 is 25.0 Å². The van der Waals surface area contributed by atoms with Crippen LogP contribution in [-0.2, 0) is 25.0 Å². The van der Waals surface area contributed by atoms with Crippen molar-refractivity contribution in [3.8, 4) is 0 Å². The molecule has 1 fully saturated rings. The Labute approximate surface area is 186 Å². The average molecular weight is 479 g/mol. The van der Waals surface area contributed by atoms with Crippen LogP contribution in [0.4, 0.5) is 5.95 Å². The third kappa shape index (κ3) is 4.97. The minimum Gasteiger partial charge on any atom is -0.456 e. The molecule has 13 nitrogen and oxygen atoms in total. The lowest BCUT2D eigenvalue weighted by Gasteiger charge is -2.19. The molecule has 0 amide bonds. The number of aromatic amines is 1. The molecule has 0 saturated carbocycles. The van der Waals surface area contributed by atoms with E-state index < -0.39 is 44.4 Å². The molecule has 3 aromatic rings. The van der Waals surface area contributed by atoms with Crippen LogP contribution in [-0.4, -0.2) is 54.1 Å². The second-order valence-corrected chi connectivity index (χ2v) is 8.62. The Kier molecular flexibility index (Phi) is 6.32. The summed E-state index contributed by atoms with van der Waals surface area (Å²) >= 11 is 0. The van der Waals surface area contributed by atoms with Crippen LogP contribution in [0.3, 0.4) is 0 Å². The van der Waals surface area contributed by atoms with Gasteiger partial charge in [-0.05, 0) is 18.1 Å². The molecular formula is C19H22N5O8P. The van der Waals surface area contributed by atoms with Gasteiger partial charge in [0, 0.05) is 6.42 Å². The number of nitrogens with one attached hydrogen (secondary N) is 1. The molecule has 0 radical (unpaired) electrons. The van der Waals surface area contributed by atoms with Crippen LogP contribution in [0.25, 0.3) is 11.2 Å². The van der Waals surface area contributed by atoms with Gasteiger partial charge in [0.15, 0.2) is 11.2 Å². The molecule has 1 aliphatic rings. The second kappa shape index (κ2) is 9.04. The van der Waals surface area contributed by atoms with Crippen LogP contribution < -0.4 is 11.3 Å². The first kappa shape index (κ1) is 23.1. The van der Waals surface area contributed by atoms with Gasteiger partial charge >= 0.3 is 13.8 Å². The van der Waals surface area contributed by atoms with Crippen molar-refractivity contribution in [1.82, 2.24) is 19.5 Å². The Morgan fingerprint density at radius 3 is 2.88 bits per heavy atom. The molecule has 2 aromatic heterocycles. The predicted molar refractivity (Wildman–Crippen MR) is 114 cm³/mol. The van der Waals surface area contributed by atoms with E-state index in [2.05, 4.69) is 19.5 Å². The summed E-state index contributed by atoms with van der Waals surface area (Å²) in [5.74, 6) is -0.718. The Balaban J connectivity index is 1.61. The fourth-order valence-electron chi connectivity index (χ4n) is 3.70. The van der Waals surface area contributed by atoms with Crippen LogP contribution in [0.1, 0.15) is 35.5 Å². The van der Waals surface area contributed by atoms with Gasteiger partial charge in [-0.15, -0.1) is 0 Å². The van der Waals surface area contributed by atoms with Gasteiger partial charge in [-0.25, -0.2) is 14.3 Å². The standard InChI is InChI=1S/C19H22N5O8P/c1-2-10-5-3-4-6-11(10)18(26)32-12-7-14(31-13(12)8-30-33(27,28)29)24-9-21-15-16(24)22-19(20)23-17(15)25/h3-6,9,12-14H,2,7-8H2,1H3,(H2,27,28,29)(H3,20,22,23,25)/t12?,13-,14-/m1/s1. The molecule has 14 heteroatoms. The van der Waals surface area contributed by atoms with Crippen molar-refractivity contribution in [3.63, 3.8) is 0 Å². The van der Waals surface area contributed by atoms with Crippen molar-refractivity contribution in [2.24, 2.45) is 0 Å². The summed E-state index contributed by atoms with van der Waals surface area (Å²) in [7, 11) is -4.80. The fraction of sp³-hybridized carbons (Fsp3) is 0.368. The van der Waals surface area contributed by atoms with Gasteiger partial charge in [0.2, 0.25) is 5.95 Å². The smallest absolute Gasteiger partial charge is 0.456 e. The number of anilines is 1. The Bertz CT molecular complexity index is 1280. The number of phosphoric acid groups is 1. The highest BCUT2D eigenvalue weighted by Gasteiger charge is 2.41. The van der Waals surface area contributed by atoms with E-state index in [1.807, 2.05) is 19.1 Å². The Morgan fingerprint density at radius 2 is 2.15 bits per heavy atom. The number of carbonyl (C=O) groups is 1. The maximum absolute atomic E-state index is 12.9. The van der Waals surface area contributed by atoms with Crippen molar-refractivity contribution >= 4 is 30.9 Å². The molecule has 4 rings (SSSR count). The molecule has 1 saturated heterocycles. The fourth-order valence-corrected chi connectivity index (χ4v) is 4.04. The summed E-state index contributed by atoms with van der Waals surface area (Å²) in [6.07, 6.45) is -0.687. The summed E-state index contributed by atoms with van der Waals surface area (Å²) in [6.45, 7) is 1.37. The van der Waals surface area contributed by atoms with Crippen molar-refractivity contribution < 1.29 is 33.1 Å². The van der Waals surface area contributed by atoms with Crippen molar-refractivity contribution in [1.29, 1.82) is 0 Å². The van der Waals surface area contributed by atoms with Gasteiger partial charge in [0.1, 0.15) is 18.4 Å². The SMILES string of the molecule is CCc1ccccc1C(=O)OC1C[C@H](n2cnc3c(=O)[nH]c(N)nc32)O[C@@H]1COP(=O)(O)O. The van der Waals surface area contributed by atoms with Gasteiger partial charge in [0.25, 0.3) is 5.56 Å². The number of rotatable bonds is 7.